The maximum absolute atomic E-state index is 6.18. The van der Waals surface area contributed by atoms with Crippen molar-refractivity contribution in [2.24, 2.45) is 5.73 Å². The predicted molar refractivity (Wildman–Crippen MR) is 79.3 cm³/mol. The van der Waals surface area contributed by atoms with Crippen LogP contribution in [-0.4, -0.2) is 26.9 Å². The summed E-state index contributed by atoms with van der Waals surface area (Å²) in [6.45, 7) is 0.478. The van der Waals surface area contributed by atoms with E-state index < -0.39 is 0 Å². The second kappa shape index (κ2) is 7.50. The van der Waals surface area contributed by atoms with Crippen LogP contribution >= 0.6 is 0 Å². The Morgan fingerprint density at radius 1 is 1.10 bits per heavy atom. The first-order chi connectivity index (χ1) is 9.78. The average Bonchev–Trinajstić information content (AvgIpc) is 2.53. The van der Waals surface area contributed by atoms with Gasteiger partial charge in [-0.3, -0.25) is 0 Å². The van der Waals surface area contributed by atoms with E-state index in [-0.39, 0.29) is 6.10 Å². The second-order valence-corrected chi connectivity index (χ2v) is 5.23. The van der Waals surface area contributed by atoms with Gasteiger partial charge in [-0.05, 0) is 30.5 Å². The van der Waals surface area contributed by atoms with Crippen LogP contribution in [0.2, 0.25) is 0 Å². The average molecular weight is 279 g/mol. The van der Waals surface area contributed by atoms with Gasteiger partial charge in [0.1, 0.15) is 0 Å². The summed E-state index contributed by atoms with van der Waals surface area (Å²) in [7, 11) is 3.28. The van der Waals surface area contributed by atoms with Crippen molar-refractivity contribution < 1.29 is 14.2 Å². The Kier molecular flexibility index (Phi) is 5.68. The Morgan fingerprint density at radius 3 is 2.40 bits per heavy atom. The summed E-state index contributed by atoms with van der Waals surface area (Å²) in [5.74, 6) is 1.44. The topological polar surface area (TPSA) is 53.7 Å². The lowest BCUT2D eigenvalue weighted by Crippen LogP contribution is -2.24. The molecule has 0 saturated heterocycles. The van der Waals surface area contributed by atoms with Gasteiger partial charge in [-0.1, -0.05) is 25.3 Å². The molecule has 1 aliphatic carbocycles. The molecular formula is C16H25NO3. The molecule has 2 N–H and O–H groups in total. The maximum atomic E-state index is 6.18. The lowest BCUT2D eigenvalue weighted by molar-refractivity contribution is -0.0269. The Labute approximate surface area is 121 Å². The highest BCUT2D eigenvalue weighted by atomic mass is 16.5. The third-order valence-corrected chi connectivity index (χ3v) is 3.90. The molecule has 0 aromatic heterocycles. The normalized spacial score (nSPS) is 17.8. The lowest BCUT2D eigenvalue weighted by Gasteiger charge is -2.27. The van der Waals surface area contributed by atoms with Crippen molar-refractivity contribution in [3.8, 4) is 11.5 Å². The van der Waals surface area contributed by atoms with E-state index in [0.29, 0.717) is 12.6 Å². The highest BCUT2D eigenvalue weighted by molar-refractivity contribution is 5.43. The van der Waals surface area contributed by atoms with Crippen LogP contribution < -0.4 is 15.2 Å². The van der Waals surface area contributed by atoms with E-state index in [0.717, 1.165) is 29.9 Å². The number of hydrogen-bond donors (Lipinski definition) is 1. The van der Waals surface area contributed by atoms with Gasteiger partial charge in [0.2, 0.25) is 0 Å². The smallest absolute Gasteiger partial charge is 0.161 e. The first-order valence-corrected chi connectivity index (χ1v) is 7.36. The summed E-state index contributed by atoms with van der Waals surface area (Å²) in [5, 5.41) is 0. The SMILES string of the molecule is COc1ccc(C(CN)OC2CCCCC2)cc1OC. The molecule has 2 rings (SSSR count). The summed E-state index contributed by atoms with van der Waals surface area (Å²) in [4.78, 5) is 0. The molecule has 0 radical (unpaired) electrons. The summed E-state index contributed by atoms with van der Waals surface area (Å²) in [6.07, 6.45) is 6.39. The summed E-state index contributed by atoms with van der Waals surface area (Å²) in [6, 6.07) is 5.86. The van der Waals surface area contributed by atoms with Gasteiger partial charge in [0, 0.05) is 6.54 Å². The van der Waals surface area contributed by atoms with Gasteiger partial charge in [-0.15, -0.1) is 0 Å². The third kappa shape index (κ3) is 3.64. The molecule has 1 aromatic rings. The van der Waals surface area contributed by atoms with Crippen LogP contribution in [0.4, 0.5) is 0 Å². The van der Waals surface area contributed by atoms with Crippen LogP contribution in [0.5, 0.6) is 11.5 Å². The molecule has 0 amide bonds. The Bertz CT molecular complexity index is 416. The molecule has 1 aromatic carbocycles. The first kappa shape index (κ1) is 15.1. The van der Waals surface area contributed by atoms with E-state index in [9.17, 15) is 0 Å². The van der Waals surface area contributed by atoms with Crippen molar-refractivity contribution in [2.45, 2.75) is 44.3 Å². The molecule has 0 heterocycles. The van der Waals surface area contributed by atoms with Crippen molar-refractivity contribution in [2.75, 3.05) is 20.8 Å². The Balaban J connectivity index is 2.09. The molecule has 112 valence electrons. The molecule has 0 bridgehead atoms. The van der Waals surface area contributed by atoms with Crippen LogP contribution in [0.25, 0.3) is 0 Å². The fraction of sp³-hybridized carbons (Fsp3) is 0.625. The number of hydrogen-bond acceptors (Lipinski definition) is 4. The standard InChI is InChI=1S/C16H25NO3/c1-18-14-9-8-12(10-15(14)19-2)16(11-17)20-13-6-4-3-5-7-13/h8-10,13,16H,3-7,11,17H2,1-2H3. The second-order valence-electron chi connectivity index (χ2n) is 5.23. The monoisotopic (exact) mass is 279 g/mol. The molecule has 1 aliphatic rings. The third-order valence-electron chi connectivity index (χ3n) is 3.90. The molecule has 0 spiro atoms. The van der Waals surface area contributed by atoms with Gasteiger partial charge < -0.3 is 19.9 Å². The lowest BCUT2D eigenvalue weighted by atomic mass is 9.97. The number of methoxy groups -OCH3 is 2. The highest BCUT2D eigenvalue weighted by Gasteiger charge is 2.20. The van der Waals surface area contributed by atoms with Crippen LogP contribution in [-0.2, 0) is 4.74 Å². The summed E-state index contributed by atoms with van der Waals surface area (Å²) >= 11 is 0. The van der Waals surface area contributed by atoms with E-state index in [1.165, 1.54) is 19.3 Å². The number of rotatable bonds is 6. The molecule has 20 heavy (non-hydrogen) atoms. The van der Waals surface area contributed by atoms with E-state index in [4.69, 9.17) is 19.9 Å². The van der Waals surface area contributed by atoms with Crippen molar-refractivity contribution in [3.63, 3.8) is 0 Å². The first-order valence-electron chi connectivity index (χ1n) is 7.36. The zero-order valence-electron chi connectivity index (χ0n) is 12.4. The zero-order valence-corrected chi connectivity index (χ0v) is 12.4. The van der Waals surface area contributed by atoms with E-state index in [1.807, 2.05) is 18.2 Å². The van der Waals surface area contributed by atoms with Crippen molar-refractivity contribution in [1.82, 2.24) is 0 Å². The maximum Gasteiger partial charge on any atom is 0.161 e. The van der Waals surface area contributed by atoms with E-state index in [1.54, 1.807) is 14.2 Å². The van der Waals surface area contributed by atoms with Gasteiger partial charge in [0.15, 0.2) is 11.5 Å². The number of nitrogens with two attached hydrogens (primary N) is 1. The molecule has 1 atom stereocenters. The zero-order chi connectivity index (χ0) is 14.4. The van der Waals surface area contributed by atoms with Crippen LogP contribution in [0.3, 0.4) is 0 Å². The number of ether oxygens (including phenoxy) is 3. The fourth-order valence-electron chi connectivity index (χ4n) is 2.76. The Hall–Kier alpha value is -1.26. The van der Waals surface area contributed by atoms with Crippen LogP contribution in [0.15, 0.2) is 18.2 Å². The molecule has 1 saturated carbocycles. The van der Waals surface area contributed by atoms with Crippen LogP contribution in [0.1, 0.15) is 43.8 Å². The fourth-order valence-corrected chi connectivity index (χ4v) is 2.76. The van der Waals surface area contributed by atoms with Gasteiger partial charge in [0.05, 0.1) is 26.4 Å². The van der Waals surface area contributed by atoms with Gasteiger partial charge >= 0.3 is 0 Å². The predicted octanol–water partition coefficient (Wildman–Crippen LogP) is 3.05. The van der Waals surface area contributed by atoms with Crippen molar-refractivity contribution in [1.29, 1.82) is 0 Å². The molecule has 4 heteroatoms. The minimum absolute atomic E-state index is 0.0714. The van der Waals surface area contributed by atoms with Gasteiger partial charge in [0.25, 0.3) is 0 Å². The molecule has 1 unspecified atom stereocenters. The van der Waals surface area contributed by atoms with Crippen molar-refractivity contribution >= 4 is 0 Å². The van der Waals surface area contributed by atoms with Gasteiger partial charge in [-0.2, -0.15) is 0 Å². The molecular weight excluding hydrogens is 254 g/mol. The Morgan fingerprint density at radius 2 is 1.80 bits per heavy atom. The minimum Gasteiger partial charge on any atom is -0.493 e. The summed E-state index contributed by atoms with van der Waals surface area (Å²) < 4.78 is 16.8. The minimum atomic E-state index is -0.0714. The molecule has 4 nitrogen and oxygen atoms in total. The number of benzene rings is 1. The molecule has 1 fully saturated rings. The largest absolute Gasteiger partial charge is 0.493 e. The quantitative estimate of drug-likeness (QED) is 0.869. The van der Waals surface area contributed by atoms with Gasteiger partial charge in [-0.25, -0.2) is 0 Å². The van der Waals surface area contributed by atoms with E-state index >= 15 is 0 Å². The van der Waals surface area contributed by atoms with E-state index in [2.05, 4.69) is 0 Å². The highest BCUT2D eigenvalue weighted by Crippen LogP contribution is 2.32. The van der Waals surface area contributed by atoms with Crippen molar-refractivity contribution in [3.05, 3.63) is 23.8 Å². The summed E-state index contributed by atoms with van der Waals surface area (Å²) in [5.41, 5.74) is 6.94. The molecule has 0 aliphatic heterocycles. The van der Waals surface area contributed by atoms with Crippen LogP contribution in [0, 0.1) is 0 Å².